The number of amides is 1. The maximum absolute atomic E-state index is 12.4. The minimum absolute atomic E-state index is 0.174. The summed E-state index contributed by atoms with van der Waals surface area (Å²) < 4.78 is 10.7. The van der Waals surface area contributed by atoms with Crippen LogP contribution >= 0.6 is 11.3 Å². The quantitative estimate of drug-likeness (QED) is 0.716. The lowest BCUT2D eigenvalue weighted by Crippen LogP contribution is -2.42. The van der Waals surface area contributed by atoms with Gasteiger partial charge in [0.05, 0.1) is 12.7 Å². The van der Waals surface area contributed by atoms with E-state index in [2.05, 4.69) is 10.3 Å². The van der Waals surface area contributed by atoms with Crippen molar-refractivity contribution in [2.75, 3.05) is 13.7 Å². The van der Waals surface area contributed by atoms with E-state index < -0.39 is 17.9 Å². The number of nitrogens with one attached hydrogen (secondary N) is 1. The third kappa shape index (κ3) is 6.33. The monoisotopic (exact) mass is 392 g/mol. The molecule has 0 spiro atoms. The predicted octanol–water partition coefficient (Wildman–Crippen LogP) is 3.21. The normalized spacial score (nSPS) is 12.4. The molecule has 0 bridgehead atoms. The van der Waals surface area contributed by atoms with Crippen LogP contribution in [0.5, 0.6) is 5.75 Å². The number of carboxylic acid groups (broad SMARTS) is 1. The average Bonchev–Trinajstić information content (AvgIpc) is 3.10. The van der Waals surface area contributed by atoms with Gasteiger partial charge in [-0.1, -0.05) is 0 Å². The molecule has 0 aliphatic carbocycles. The van der Waals surface area contributed by atoms with Gasteiger partial charge in [0.2, 0.25) is 0 Å². The van der Waals surface area contributed by atoms with E-state index in [9.17, 15) is 14.7 Å². The van der Waals surface area contributed by atoms with Crippen LogP contribution in [0.1, 0.15) is 37.7 Å². The van der Waals surface area contributed by atoms with Crippen LogP contribution in [0.2, 0.25) is 0 Å². The van der Waals surface area contributed by atoms with Crippen molar-refractivity contribution < 1.29 is 24.2 Å². The number of carbonyl (C=O) groups is 2. The summed E-state index contributed by atoms with van der Waals surface area (Å²) in [6.45, 7) is 5.89. The summed E-state index contributed by atoms with van der Waals surface area (Å²) in [5.41, 5.74) is 0.678. The van der Waals surface area contributed by atoms with E-state index in [1.54, 1.807) is 12.5 Å². The molecule has 7 nitrogen and oxygen atoms in total. The fourth-order valence-corrected chi connectivity index (χ4v) is 3.02. The molecule has 8 heteroatoms. The van der Waals surface area contributed by atoms with Gasteiger partial charge in [-0.25, -0.2) is 9.78 Å². The zero-order valence-corrected chi connectivity index (χ0v) is 16.6. The van der Waals surface area contributed by atoms with Crippen molar-refractivity contribution in [1.29, 1.82) is 0 Å². The molecule has 0 saturated heterocycles. The van der Waals surface area contributed by atoms with E-state index in [4.69, 9.17) is 9.47 Å². The molecule has 0 aliphatic rings. The molecular formula is C19H24N2O5S. The van der Waals surface area contributed by atoms with Gasteiger partial charge < -0.3 is 19.9 Å². The molecule has 2 rings (SSSR count). The Morgan fingerprint density at radius 1 is 1.26 bits per heavy atom. The smallest absolute Gasteiger partial charge is 0.326 e. The Kier molecular flexibility index (Phi) is 6.92. The fourth-order valence-electron chi connectivity index (χ4n) is 2.22. The number of carbonyl (C=O) groups excluding carboxylic acids is 1. The number of rotatable bonds is 8. The highest BCUT2D eigenvalue weighted by molar-refractivity contribution is 7.13. The Morgan fingerprint density at radius 2 is 1.93 bits per heavy atom. The molecule has 1 unspecified atom stereocenters. The zero-order chi connectivity index (χ0) is 20.0. The van der Waals surface area contributed by atoms with Crippen molar-refractivity contribution in [2.24, 2.45) is 0 Å². The number of methoxy groups -OCH3 is 1. The third-order valence-corrected chi connectivity index (χ3v) is 4.51. The largest absolute Gasteiger partial charge is 0.497 e. The lowest BCUT2D eigenvalue weighted by Gasteiger charge is -2.21. The first-order valence-electron chi connectivity index (χ1n) is 8.47. The molecule has 2 aromatic rings. The van der Waals surface area contributed by atoms with Crippen LogP contribution in [0.4, 0.5) is 0 Å². The molecule has 1 amide bonds. The second kappa shape index (κ2) is 8.96. The van der Waals surface area contributed by atoms with E-state index in [1.807, 2.05) is 45.0 Å². The number of aromatic nitrogens is 1. The summed E-state index contributed by atoms with van der Waals surface area (Å²) in [6, 6.07) is 6.29. The second-order valence-corrected chi connectivity index (χ2v) is 7.74. The van der Waals surface area contributed by atoms with E-state index in [0.29, 0.717) is 5.01 Å². The minimum atomic E-state index is -1.11. The lowest BCUT2D eigenvalue weighted by atomic mass is 10.1. The Balaban J connectivity index is 2.01. The number of benzene rings is 1. The molecular weight excluding hydrogens is 368 g/mol. The van der Waals surface area contributed by atoms with Gasteiger partial charge in [0, 0.05) is 24.0 Å². The zero-order valence-electron chi connectivity index (χ0n) is 15.8. The summed E-state index contributed by atoms with van der Waals surface area (Å²) >= 11 is 1.32. The van der Waals surface area contributed by atoms with Gasteiger partial charge >= 0.3 is 5.97 Å². The summed E-state index contributed by atoms with van der Waals surface area (Å²) in [5, 5.41) is 14.1. The molecule has 1 heterocycles. The fraction of sp³-hybridized carbons (Fsp3) is 0.421. The lowest BCUT2D eigenvalue weighted by molar-refractivity contribution is -0.140. The highest BCUT2D eigenvalue weighted by Crippen LogP contribution is 2.25. The number of carboxylic acids is 1. The highest BCUT2D eigenvalue weighted by Gasteiger charge is 2.23. The maximum Gasteiger partial charge on any atom is 0.326 e. The number of nitrogens with zero attached hydrogens (tertiary/aromatic N) is 1. The number of ether oxygens (including phenoxy) is 2. The first-order valence-corrected chi connectivity index (χ1v) is 9.35. The first-order chi connectivity index (χ1) is 12.7. The Bertz CT molecular complexity index is 780. The number of hydrogen-bond acceptors (Lipinski definition) is 6. The Labute approximate surface area is 162 Å². The van der Waals surface area contributed by atoms with Crippen LogP contribution in [-0.4, -0.2) is 47.3 Å². The van der Waals surface area contributed by atoms with E-state index >= 15 is 0 Å². The molecule has 1 atom stereocenters. The Hall–Kier alpha value is -2.45. The molecule has 0 aliphatic heterocycles. The summed E-state index contributed by atoms with van der Waals surface area (Å²) in [6.07, 6.45) is 0.174. The van der Waals surface area contributed by atoms with E-state index in [1.165, 1.54) is 11.3 Å². The molecule has 1 aromatic carbocycles. The molecule has 2 N–H and O–H groups in total. The molecule has 0 saturated carbocycles. The van der Waals surface area contributed by atoms with Crippen molar-refractivity contribution in [3.63, 3.8) is 0 Å². The SMILES string of the molecule is COc1ccc(-c2nc(C(=O)NC(CCOC(C)(C)C)C(=O)O)cs2)cc1. The van der Waals surface area contributed by atoms with Gasteiger partial charge in [-0.15, -0.1) is 11.3 Å². The standard InChI is InChI=1S/C19H24N2O5S/c1-19(2,3)26-10-9-14(18(23)24)20-16(22)15-11-27-17(21-15)12-5-7-13(25-4)8-6-12/h5-8,11,14H,9-10H2,1-4H3,(H,20,22)(H,23,24). The van der Waals surface area contributed by atoms with Crippen molar-refractivity contribution in [3.05, 3.63) is 35.3 Å². The van der Waals surface area contributed by atoms with Crippen LogP contribution in [0, 0.1) is 0 Å². The second-order valence-electron chi connectivity index (χ2n) is 6.88. The molecule has 0 fully saturated rings. The molecule has 27 heavy (non-hydrogen) atoms. The average molecular weight is 392 g/mol. The van der Waals surface area contributed by atoms with Gasteiger partial charge in [-0.3, -0.25) is 4.79 Å². The summed E-state index contributed by atoms with van der Waals surface area (Å²) in [5.74, 6) is -0.893. The van der Waals surface area contributed by atoms with Crippen molar-refractivity contribution >= 4 is 23.2 Å². The molecule has 0 radical (unpaired) electrons. The van der Waals surface area contributed by atoms with Crippen LogP contribution in [0.25, 0.3) is 10.6 Å². The van der Waals surface area contributed by atoms with Gasteiger partial charge in [0.25, 0.3) is 5.91 Å². The summed E-state index contributed by atoms with van der Waals surface area (Å²) in [7, 11) is 1.59. The van der Waals surface area contributed by atoms with Crippen LogP contribution in [0.3, 0.4) is 0 Å². The maximum atomic E-state index is 12.4. The van der Waals surface area contributed by atoms with Gasteiger partial charge in [-0.05, 0) is 45.0 Å². The van der Waals surface area contributed by atoms with Gasteiger partial charge in [0.1, 0.15) is 22.5 Å². The first kappa shape index (κ1) is 20.9. The summed E-state index contributed by atoms with van der Waals surface area (Å²) in [4.78, 5) is 28.1. The molecule has 1 aromatic heterocycles. The topological polar surface area (TPSA) is 97.8 Å². The van der Waals surface area contributed by atoms with Crippen molar-refractivity contribution in [1.82, 2.24) is 10.3 Å². The van der Waals surface area contributed by atoms with Crippen LogP contribution in [0.15, 0.2) is 29.6 Å². The third-order valence-electron chi connectivity index (χ3n) is 3.62. The minimum Gasteiger partial charge on any atom is -0.497 e. The number of thiazole rings is 1. The van der Waals surface area contributed by atoms with Crippen molar-refractivity contribution in [3.8, 4) is 16.3 Å². The van der Waals surface area contributed by atoms with Crippen molar-refractivity contribution in [2.45, 2.75) is 38.8 Å². The number of hydrogen-bond donors (Lipinski definition) is 2. The van der Waals surface area contributed by atoms with E-state index in [0.717, 1.165) is 11.3 Å². The van der Waals surface area contributed by atoms with Gasteiger partial charge in [-0.2, -0.15) is 0 Å². The highest BCUT2D eigenvalue weighted by atomic mass is 32.1. The predicted molar refractivity (Wildman–Crippen MR) is 103 cm³/mol. The van der Waals surface area contributed by atoms with E-state index in [-0.39, 0.29) is 24.3 Å². The van der Waals surface area contributed by atoms with Crippen LogP contribution in [-0.2, 0) is 9.53 Å². The number of aliphatic carboxylic acids is 1. The Morgan fingerprint density at radius 3 is 2.48 bits per heavy atom. The van der Waals surface area contributed by atoms with Crippen LogP contribution < -0.4 is 10.1 Å². The van der Waals surface area contributed by atoms with Gasteiger partial charge in [0.15, 0.2) is 0 Å². The molecule has 146 valence electrons.